The Kier molecular flexibility index (Phi) is 4.76. The average Bonchev–Trinajstić information content (AvgIpc) is 2.92. The maximum Gasteiger partial charge on any atom is 0.303 e. The first-order valence-electron chi connectivity index (χ1n) is 11.0. The van der Waals surface area contributed by atoms with Gasteiger partial charge < -0.3 is 9.84 Å². The van der Waals surface area contributed by atoms with Gasteiger partial charge in [-0.15, -0.1) is 0 Å². The van der Waals surface area contributed by atoms with E-state index in [-0.39, 0.29) is 17.8 Å². The van der Waals surface area contributed by atoms with Crippen LogP contribution in [0.15, 0.2) is 0 Å². The fraction of sp³-hybridized carbons (Fsp3) is 0.870. The van der Waals surface area contributed by atoms with Gasteiger partial charge in [-0.25, -0.2) is 0 Å². The second kappa shape index (κ2) is 6.65. The zero-order chi connectivity index (χ0) is 20.3. The van der Waals surface area contributed by atoms with E-state index in [9.17, 15) is 19.5 Å². The van der Waals surface area contributed by atoms with Gasteiger partial charge in [0.15, 0.2) is 6.61 Å². The molecule has 156 valence electrons. The summed E-state index contributed by atoms with van der Waals surface area (Å²) in [5.74, 6) is 1.53. The molecule has 0 radical (unpaired) electrons. The molecule has 0 aromatic carbocycles. The Bertz CT molecular complexity index is 701. The van der Waals surface area contributed by atoms with E-state index in [1.165, 1.54) is 6.92 Å². The Morgan fingerprint density at radius 2 is 1.79 bits per heavy atom. The van der Waals surface area contributed by atoms with E-state index in [4.69, 9.17) is 4.74 Å². The summed E-state index contributed by atoms with van der Waals surface area (Å²) in [6, 6.07) is 0. The van der Waals surface area contributed by atoms with E-state index in [1.54, 1.807) is 0 Å². The van der Waals surface area contributed by atoms with Crippen molar-refractivity contribution in [3.63, 3.8) is 0 Å². The van der Waals surface area contributed by atoms with E-state index in [0.29, 0.717) is 42.3 Å². The minimum atomic E-state index is -1.39. The Morgan fingerprint density at radius 1 is 1.07 bits per heavy atom. The summed E-state index contributed by atoms with van der Waals surface area (Å²) in [6.45, 7) is 5.45. The maximum absolute atomic E-state index is 12.9. The maximum atomic E-state index is 12.9. The van der Waals surface area contributed by atoms with Crippen LogP contribution < -0.4 is 0 Å². The third-order valence-corrected chi connectivity index (χ3v) is 9.50. The molecule has 0 aliphatic heterocycles. The van der Waals surface area contributed by atoms with Crippen molar-refractivity contribution >= 4 is 17.5 Å². The summed E-state index contributed by atoms with van der Waals surface area (Å²) >= 11 is 0. The topological polar surface area (TPSA) is 80.7 Å². The molecule has 4 fully saturated rings. The smallest absolute Gasteiger partial charge is 0.303 e. The van der Waals surface area contributed by atoms with Gasteiger partial charge in [-0.05, 0) is 74.0 Å². The molecule has 0 unspecified atom stereocenters. The van der Waals surface area contributed by atoms with Crippen LogP contribution in [-0.2, 0) is 19.1 Å². The number of esters is 1. The number of aliphatic hydroxyl groups is 1. The molecule has 0 saturated heterocycles. The molecular formula is C23H34O5. The molecule has 28 heavy (non-hydrogen) atoms. The molecule has 0 aromatic heterocycles. The molecule has 7 atom stereocenters. The molecule has 5 heteroatoms. The number of carbonyl (C=O) groups is 3. The van der Waals surface area contributed by atoms with Gasteiger partial charge in [0.2, 0.25) is 5.78 Å². The molecule has 4 saturated carbocycles. The van der Waals surface area contributed by atoms with Crippen molar-refractivity contribution in [2.24, 2.45) is 34.5 Å². The normalized spacial score (nSPS) is 47.6. The first kappa shape index (κ1) is 20.1. The molecular weight excluding hydrogens is 356 g/mol. The third-order valence-electron chi connectivity index (χ3n) is 9.50. The summed E-state index contributed by atoms with van der Waals surface area (Å²) < 4.78 is 4.93. The van der Waals surface area contributed by atoms with Crippen LogP contribution in [0.1, 0.15) is 78.6 Å². The summed E-state index contributed by atoms with van der Waals surface area (Å²) in [6.07, 6.45) is 7.82. The molecule has 5 nitrogen and oxygen atoms in total. The number of hydrogen-bond acceptors (Lipinski definition) is 5. The standard InChI is InChI=1S/C23H34O5/c1-14(24)28-13-20(26)23(27)11-8-19-17-5-4-15-12-16(25)6-9-21(15,2)18(17)7-10-22(19,23)3/h15,17-19,27H,4-13H2,1-3H3/t15-,17-,18+,19+,21-,22-,23+/m0/s1. The zero-order valence-electron chi connectivity index (χ0n) is 17.5. The number of Topliss-reactive ketones (excluding diaryl/α,β-unsaturated/α-hetero) is 2. The van der Waals surface area contributed by atoms with Crippen LogP contribution in [0, 0.1) is 34.5 Å². The Morgan fingerprint density at radius 3 is 2.50 bits per heavy atom. The summed E-state index contributed by atoms with van der Waals surface area (Å²) in [5, 5.41) is 11.5. The lowest BCUT2D eigenvalue weighted by Crippen LogP contribution is -2.59. The Balaban J connectivity index is 1.57. The number of rotatable bonds is 3. The summed E-state index contributed by atoms with van der Waals surface area (Å²) in [4.78, 5) is 36.0. The first-order valence-corrected chi connectivity index (χ1v) is 11.0. The van der Waals surface area contributed by atoms with Crippen LogP contribution in [0.5, 0.6) is 0 Å². The highest BCUT2D eigenvalue weighted by Gasteiger charge is 2.66. The number of fused-ring (bicyclic) bond motifs is 5. The number of carbonyl (C=O) groups excluding carboxylic acids is 3. The largest absolute Gasteiger partial charge is 0.458 e. The minimum Gasteiger partial charge on any atom is -0.458 e. The van der Waals surface area contributed by atoms with Gasteiger partial charge in [-0.1, -0.05) is 13.8 Å². The summed E-state index contributed by atoms with van der Waals surface area (Å²) in [5.41, 5.74) is -1.61. The monoisotopic (exact) mass is 390 g/mol. The van der Waals surface area contributed by atoms with Crippen molar-refractivity contribution in [1.29, 1.82) is 0 Å². The molecule has 1 N–H and O–H groups in total. The van der Waals surface area contributed by atoms with Crippen LogP contribution in [0.25, 0.3) is 0 Å². The molecule has 4 aliphatic rings. The van der Waals surface area contributed by atoms with Gasteiger partial charge in [-0.2, -0.15) is 0 Å². The lowest BCUT2D eigenvalue weighted by atomic mass is 9.44. The molecule has 4 rings (SSSR count). The van der Waals surface area contributed by atoms with Crippen molar-refractivity contribution in [2.45, 2.75) is 84.2 Å². The van der Waals surface area contributed by atoms with Crippen LogP contribution in [0.2, 0.25) is 0 Å². The third kappa shape index (κ3) is 2.72. The van der Waals surface area contributed by atoms with E-state index >= 15 is 0 Å². The van der Waals surface area contributed by atoms with Crippen molar-refractivity contribution in [1.82, 2.24) is 0 Å². The quantitative estimate of drug-likeness (QED) is 0.747. The number of ketones is 2. The molecule has 0 amide bonds. The Hall–Kier alpha value is -1.23. The van der Waals surface area contributed by atoms with Crippen molar-refractivity contribution in [3.8, 4) is 0 Å². The predicted molar refractivity (Wildman–Crippen MR) is 103 cm³/mol. The SMILES string of the molecule is CC(=O)OCC(=O)[C@]1(O)CC[C@@H]2[C@H]3CC[C@H]4CC(=O)CC[C@]4(C)[C@@H]3CC[C@@]21C. The fourth-order valence-corrected chi connectivity index (χ4v) is 7.81. The van der Waals surface area contributed by atoms with E-state index < -0.39 is 17.0 Å². The number of ether oxygens (including phenoxy) is 1. The fourth-order valence-electron chi connectivity index (χ4n) is 7.81. The first-order chi connectivity index (χ1) is 13.1. The average molecular weight is 391 g/mol. The van der Waals surface area contributed by atoms with Gasteiger partial charge in [0, 0.05) is 25.2 Å². The minimum absolute atomic E-state index is 0.223. The molecule has 0 bridgehead atoms. The van der Waals surface area contributed by atoms with Crippen LogP contribution in [0.4, 0.5) is 0 Å². The lowest BCUT2D eigenvalue weighted by Gasteiger charge is -2.60. The second-order valence-corrected chi connectivity index (χ2v) is 10.5. The molecule has 4 aliphatic carbocycles. The van der Waals surface area contributed by atoms with Crippen molar-refractivity contribution in [2.75, 3.05) is 6.61 Å². The van der Waals surface area contributed by atoms with Crippen molar-refractivity contribution in [3.05, 3.63) is 0 Å². The van der Waals surface area contributed by atoms with Gasteiger partial charge in [-0.3, -0.25) is 14.4 Å². The summed E-state index contributed by atoms with van der Waals surface area (Å²) in [7, 11) is 0. The predicted octanol–water partition coefficient (Wildman–Crippen LogP) is 3.46. The highest BCUT2D eigenvalue weighted by molar-refractivity contribution is 5.91. The Labute approximate surface area is 167 Å². The van der Waals surface area contributed by atoms with Crippen LogP contribution in [-0.4, -0.2) is 34.9 Å². The van der Waals surface area contributed by atoms with E-state index in [0.717, 1.165) is 44.9 Å². The highest BCUT2D eigenvalue weighted by Crippen LogP contribution is 2.68. The van der Waals surface area contributed by atoms with E-state index in [2.05, 4.69) is 13.8 Å². The zero-order valence-corrected chi connectivity index (χ0v) is 17.5. The van der Waals surface area contributed by atoms with Gasteiger partial charge in [0.05, 0.1) is 0 Å². The lowest BCUT2D eigenvalue weighted by molar-refractivity contribution is -0.175. The van der Waals surface area contributed by atoms with Gasteiger partial charge in [0.25, 0.3) is 0 Å². The molecule has 0 heterocycles. The van der Waals surface area contributed by atoms with Gasteiger partial charge >= 0.3 is 5.97 Å². The molecule has 0 aromatic rings. The molecule has 0 spiro atoms. The van der Waals surface area contributed by atoms with Crippen LogP contribution >= 0.6 is 0 Å². The second-order valence-electron chi connectivity index (χ2n) is 10.5. The van der Waals surface area contributed by atoms with Crippen molar-refractivity contribution < 1.29 is 24.2 Å². The van der Waals surface area contributed by atoms with Crippen LogP contribution in [0.3, 0.4) is 0 Å². The highest BCUT2D eigenvalue weighted by atomic mass is 16.5. The van der Waals surface area contributed by atoms with E-state index in [1.807, 2.05) is 0 Å². The van der Waals surface area contributed by atoms with Gasteiger partial charge in [0.1, 0.15) is 11.4 Å². The number of hydrogen-bond donors (Lipinski definition) is 1.